The monoisotopic (exact) mass is 1110 g/mol. The molecule has 0 unspecified atom stereocenters. The fraction of sp³-hybridized carbons (Fsp3) is 0.365. The SMILES string of the molecule is CCn1cncc1Cn1c(CCl)nc2c(OC)cc(C(=O)OC)cc21.CCn1cncc1Cn1c(CN2CCN(c3cccc(OCc4ccc(Cl)cc4F)n3)[C@@H]3CC[C@H]32)nc2c(OC)cc(C(=O)OC)cc21.Cl.Cl. The summed E-state index contributed by atoms with van der Waals surface area (Å²) < 4.78 is 49.5. The number of methoxy groups -OCH3 is 4. The van der Waals surface area contributed by atoms with Crippen LogP contribution in [0.5, 0.6) is 17.4 Å². The highest BCUT2D eigenvalue weighted by Crippen LogP contribution is 2.38. The molecule has 23 heteroatoms. The topological polar surface area (TPSA) is 171 Å². The van der Waals surface area contributed by atoms with Crippen molar-refractivity contribution in [1.82, 2.24) is 48.1 Å². The molecule has 5 aromatic heterocycles. The smallest absolute Gasteiger partial charge is 0.338 e. The number of nitrogens with zero attached hydrogens (tertiary/aromatic N) is 11. The third kappa shape index (κ3) is 11.6. The number of rotatable bonds is 17. The number of benzene rings is 3. The van der Waals surface area contributed by atoms with Crippen LogP contribution in [0.2, 0.25) is 5.02 Å². The second-order valence-corrected chi connectivity index (χ2v) is 18.2. The zero-order chi connectivity index (χ0) is 51.3. The number of imidazole rings is 4. The number of piperazine rings is 1. The van der Waals surface area contributed by atoms with Gasteiger partial charge in [0.05, 0.1) is 100 Å². The molecule has 2 atom stereocenters. The fourth-order valence-corrected chi connectivity index (χ4v) is 9.97. The minimum atomic E-state index is -0.434. The van der Waals surface area contributed by atoms with E-state index in [0.717, 1.165) is 73.1 Å². The van der Waals surface area contributed by atoms with Gasteiger partial charge in [0.1, 0.15) is 52.4 Å². The van der Waals surface area contributed by atoms with Crippen LogP contribution in [-0.4, -0.2) is 114 Å². The van der Waals surface area contributed by atoms with Crippen LogP contribution < -0.4 is 19.1 Å². The number of anilines is 1. The molecule has 6 heterocycles. The number of ether oxygens (including phenoxy) is 5. The third-order valence-corrected chi connectivity index (χ3v) is 14.0. The molecule has 0 radical (unpaired) electrons. The number of carbonyl (C=O) groups is 2. The molecule has 398 valence electrons. The molecule has 75 heavy (non-hydrogen) atoms. The summed E-state index contributed by atoms with van der Waals surface area (Å²) in [5, 5.41) is 0.346. The predicted octanol–water partition coefficient (Wildman–Crippen LogP) is 9.39. The molecule has 3 aromatic carbocycles. The maximum Gasteiger partial charge on any atom is 0.338 e. The molecule has 1 saturated carbocycles. The van der Waals surface area contributed by atoms with Crippen molar-refractivity contribution in [3.05, 3.63) is 136 Å². The van der Waals surface area contributed by atoms with Gasteiger partial charge in [0.15, 0.2) is 0 Å². The largest absolute Gasteiger partial charge is 0.494 e. The van der Waals surface area contributed by atoms with E-state index in [-0.39, 0.29) is 43.3 Å². The van der Waals surface area contributed by atoms with Crippen molar-refractivity contribution in [1.29, 1.82) is 0 Å². The normalized spacial score (nSPS) is 15.0. The lowest BCUT2D eigenvalue weighted by Crippen LogP contribution is -2.64. The van der Waals surface area contributed by atoms with Gasteiger partial charge in [0, 0.05) is 67.3 Å². The maximum atomic E-state index is 14.3. The number of esters is 2. The van der Waals surface area contributed by atoms with Gasteiger partial charge in [-0.15, -0.1) is 36.4 Å². The van der Waals surface area contributed by atoms with Gasteiger partial charge in [-0.25, -0.2) is 33.9 Å². The minimum absolute atomic E-state index is 0. The van der Waals surface area contributed by atoms with Gasteiger partial charge in [0.25, 0.3) is 0 Å². The van der Waals surface area contributed by atoms with Gasteiger partial charge < -0.3 is 46.9 Å². The van der Waals surface area contributed by atoms with E-state index in [4.69, 9.17) is 56.9 Å². The second-order valence-electron chi connectivity index (χ2n) is 17.5. The number of fused-ring (bicyclic) bond motifs is 3. The Labute approximate surface area is 455 Å². The lowest BCUT2D eigenvalue weighted by molar-refractivity contribution is 0.0591. The van der Waals surface area contributed by atoms with Crippen LogP contribution in [0.3, 0.4) is 0 Å². The quantitative estimate of drug-likeness (QED) is 0.0624. The summed E-state index contributed by atoms with van der Waals surface area (Å²) in [7, 11) is 5.85. The number of aryl methyl sites for hydroxylation is 2. The molecular formula is C52H58Cl4FN11O7. The van der Waals surface area contributed by atoms with Crippen LogP contribution in [0.4, 0.5) is 10.2 Å². The molecule has 2 aliphatic rings. The Morgan fingerprint density at radius 2 is 1.28 bits per heavy atom. The maximum absolute atomic E-state index is 14.3. The van der Waals surface area contributed by atoms with Crippen molar-refractivity contribution < 1.29 is 37.7 Å². The first-order valence-corrected chi connectivity index (χ1v) is 24.8. The van der Waals surface area contributed by atoms with Crippen LogP contribution in [0.15, 0.2) is 85.7 Å². The van der Waals surface area contributed by atoms with E-state index in [9.17, 15) is 14.0 Å². The summed E-state index contributed by atoms with van der Waals surface area (Å²) >= 11 is 12.0. The standard InChI is InChI=1S/C35H37ClFN7O4.C17H19ClN4O3.2ClH/c1-4-41-21-38-17-25(41)18-44-29-14-23(35(45)47-3)15-30(46-2)34(29)40-32(44)19-42-12-13-43(28-11-10-27(28)42)31-6-5-7-33(39-31)48-20-22-8-9-24(36)16-26(22)37;1-4-21-10-19-8-12(21)9-22-13-5-11(17(23)25-3)6-14(24-2)16(13)20-15(22)7-18;;/h5-9,14-17,21,27-28H,4,10-13,18-20H2,1-3H3;5-6,8,10H,4,7,9H2,1-3H3;2*1H/t27-,28-;;;/m1.../s1. The molecular weight excluding hydrogens is 1050 g/mol. The first kappa shape index (κ1) is 56.1. The number of carbonyl (C=O) groups excluding carboxylic acids is 2. The molecule has 1 aliphatic heterocycles. The molecule has 0 N–H and O–H groups in total. The first-order valence-electron chi connectivity index (χ1n) is 23.9. The Bertz CT molecular complexity index is 3290. The highest BCUT2D eigenvalue weighted by Gasteiger charge is 2.44. The van der Waals surface area contributed by atoms with Gasteiger partial charge in [-0.2, -0.15) is 4.98 Å². The number of alkyl halides is 1. The van der Waals surface area contributed by atoms with E-state index < -0.39 is 17.8 Å². The van der Waals surface area contributed by atoms with Gasteiger partial charge in [-0.3, -0.25) is 4.90 Å². The number of hydrogen-bond donors (Lipinski definition) is 0. The molecule has 18 nitrogen and oxygen atoms in total. The molecule has 0 spiro atoms. The second kappa shape index (κ2) is 24.8. The van der Waals surface area contributed by atoms with Crippen LogP contribution in [0.25, 0.3) is 22.1 Å². The Morgan fingerprint density at radius 1 is 0.707 bits per heavy atom. The van der Waals surface area contributed by atoms with E-state index in [1.807, 2.05) is 46.1 Å². The summed E-state index contributed by atoms with van der Waals surface area (Å²) in [5.74, 6) is 2.87. The molecule has 2 fully saturated rings. The van der Waals surface area contributed by atoms with Crippen molar-refractivity contribution in [3.8, 4) is 17.4 Å². The van der Waals surface area contributed by atoms with E-state index in [1.165, 1.54) is 20.3 Å². The molecule has 10 rings (SSSR count). The van der Waals surface area contributed by atoms with Crippen LogP contribution in [0, 0.1) is 5.82 Å². The van der Waals surface area contributed by atoms with Crippen molar-refractivity contribution in [2.75, 3.05) is 46.4 Å². The summed E-state index contributed by atoms with van der Waals surface area (Å²) in [5.41, 5.74) is 6.22. The summed E-state index contributed by atoms with van der Waals surface area (Å²) in [6.07, 6.45) is 9.41. The molecule has 0 amide bonds. The highest BCUT2D eigenvalue weighted by atomic mass is 35.5. The summed E-state index contributed by atoms with van der Waals surface area (Å²) in [6.45, 7) is 9.11. The zero-order valence-corrected chi connectivity index (χ0v) is 45.4. The van der Waals surface area contributed by atoms with Gasteiger partial charge in [-0.1, -0.05) is 23.7 Å². The fourth-order valence-electron chi connectivity index (χ4n) is 9.61. The number of pyridine rings is 1. The number of hydrogen-bond acceptors (Lipinski definition) is 14. The van der Waals surface area contributed by atoms with Crippen molar-refractivity contribution in [2.45, 2.75) is 84.0 Å². The van der Waals surface area contributed by atoms with Crippen molar-refractivity contribution in [2.24, 2.45) is 0 Å². The molecule has 1 aliphatic carbocycles. The van der Waals surface area contributed by atoms with E-state index in [1.54, 1.807) is 56.9 Å². The summed E-state index contributed by atoms with van der Waals surface area (Å²) in [4.78, 5) is 52.5. The molecule has 8 aromatic rings. The predicted molar refractivity (Wildman–Crippen MR) is 288 cm³/mol. The van der Waals surface area contributed by atoms with Crippen LogP contribution in [0.1, 0.15) is 76.0 Å². The molecule has 1 saturated heterocycles. The van der Waals surface area contributed by atoms with E-state index in [0.29, 0.717) is 81.6 Å². The number of halogens is 5. The minimum Gasteiger partial charge on any atom is -0.494 e. The van der Waals surface area contributed by atoms with E-state index >= 15 is 0 Å². The average molecular weight is 1110 g/mol. The van der Waals surface area contributed by atoms with Crippen molar-refractivity contribution in [3.63, 3.8) is 0 Å². The highest BCUT2D eigenvalue weighted by molar-refractivity contribution is 6.30. The Balaban J connectivity index is 0.000000257. The lowest BCUT2D eigenvalue weighted by atomic mass is 9.81. The van der Waals surface area contributed by atoms with Gasteiger partial charge in [0.2, 0.25) is 5.88 Å². The Hall–Kier alpha value is -6.64. The zero-order valence-electron chi connectivity index (χ0n) is 42.2. The molecule has 0 bridgehead atoms. The van der Waals surface area contributed by atoms with Gasteiger partial charge in [-0.05, 0) is 69.2 Å². The van der Waals surface area contributed by atoms with Crippen molar-refractivity contribution >= 4 is 87.8 Å². The Morgan fingerprint density at radius 3 is 1.80 bits per heavy atom. The van der Waals surface area contributed by atoms with Gasteiger partial charge >= 0.3 is 11.9 Å². The number of aromatic nitrogens is 9. The van der Waals surface area contributed by atoms with Crippen LogP contribution >= 0.6 is 48.0 Å². The summed E-state index contributed by atoms with van der Waals surface area (Å²) in [6, 6.07) is 17.8. The third-order valence-electron chi connectivity index (χ3n) is 13.6. The van der Waals surface area contributed by atoms with E-state index in [2.05, 4.69) is 47.7 Å². The lowest BCUT2D eigenvalue weighted by Gasteiger charge is -2.54. The Kier molecular flexibility index (Phi) is 18.6. The van der Waals surface area contributed by atoms with Crippen LogP contribution in [-0.2, 0) is 54.7 Å². The average Bonchev–Trinajstić information content (AvgIpc) is 4.21. The first-order chi connectivity index (χ1) is 35.5.